The van der Waals surface area contributed by atoms with Crippen LogP contribution in [0.3, 0.4) is 0 Å². The van der Waals surface area contributed by atoms with Crippen molar-refractivity contribution in [3.05, 3.63) is 66.0 Å². The Bertz CT molecular complexity index is 1060. The first-order chi connectivity index (χ1) is 14.4. The molecule has 0 aliphatic heterocycles. The molecule has 0 spiro atoms. The predicted octanol–water partition coefficient (Wildman–Crippen LogP) is 4.20. The van der Waals surface area contributed by atoms with Gasteiger partial charge in [0.25, 0.3) is 10.0 Å². The third kappa shape index (κ3) is 5.59. The molecule has 0 fully saturated rings. The number of hydrogen-bond donors (Lipinski definition) is 1. The summed E-state index contributed by atoms with van der Waals surface area (Å²) in [4.78, 5) is 12.2. The molecular weight excluding hydrogens is 424 g/mol. The van der Waals surface area contributed by atoms with E-state index in [0.717, 1.165) is 21.4 Å². The first-order valence-electron chi connectivity index (χ1n) is 9.19. The van der Waals surface area contributed by atoms with Crippen molar-refractivity contribution in [3.63, 3.8) is 0 Å². The quantitative estimate of drug-likeness (QED) is 0.533. The van der Waals surface area contributed by atoms with Crippen molar-refractivity contribution in [2.24, 2.45) is 0 Å². The van der Waals surface area contributed by atoms with Crippen molar-refractivity contribution in [2.75, 3.05) is 25.5 Å². The standard InChI is InChI=1S/C21H22N2O5S2/c1-3-27-17-10-12-19(13-11-17)28-18-8-6-16(7-9-18)22-20(24)15-23(2)30(25,26)21-5-4-14-29-21/h4-14H,3,15H2,1-2H3,(H,22,24). The summed E-state index contributed by atoms with van der Waals surface area (Å²) in [6.45, 7) is 2.24. The van der Waals surface area contributed by atoms with E-state index in [0.29, 0.717) is 23.8 Å². The number of sulfonamides is 1. The summed E-state index contributed by atoms with van der Waals surface area (Å²) in [5, 5.41) is 4.37. The van der Waals surface area contributed by atoms with Crippen LogP contribution >= 0.6 is 11.3 Å². The molecule has 0 aliphatic rings. The molecule has 0 atom stereocenters. The van der Waals surface area contributed by atoms with Crippen LogP contribution < -0.4 is 14.8 Å². The first kappa shape index (κ1) is 21.8. The van der Waals surface area contributed by atoms with Crippen LogP contribution in [0, 0.1) is 0 Å². The van der Waals surface area contributed by atoms with Gasteiger partial charge in [-0.3, -0.25) is 4.79 Å². The average Bonchev–Trinajstić information content (AvgIpc) is 3.27. The van der Waals surface area contributed by atoms with Gasteiger partial charge in [-0.15, -0.1) is 11.3 Å². The Labute approximate surface area is 179 Å². The van der Waals surface area contributed by atoms with Gasteiger partial charge in [-0.2, -0.15) is 4.31 Å². The van der Waals surface area contributed by atoms with E-state index in [2.05, 4.69) is 5.32 Å². The molecule has 0 unspecified atom stereocenters. The lowest BCUT2D eigenvalue weighted by Gasteiger charge is -2.15. The Morgan fingerprint density at radius 1 is 1.00 bits per heavy atom. The van der Waals surface area contributed by atoms with E-state index in [4.69, 9.17) is 9.47 Å². The molecule has 0 saturated heterocycles. The second-order valence-electron chi connectivity index (χ2n) is 6.27. The molecule has 7 nitrogen and oxygen atoms in total. The van der Waals surface area contributed by atoms with Crippen molar-refractivity contribution in [1.82, 2.24) is 4.31 Å². The maximum absolute atomic E-state index is 12.4. The van der Waals surface area contributed by atoms with Gasteiger partial charge in [-0.1, -0.05) is 6.07 Å². The fraction of sp³-hybridized carbons (Fsp3) is 0.190. The number of benzene rings is 2. The average molecular weight is 447 g/mol. The minimum Gasteiger partial charge on any atom is -0.494 e. The summed E-state index contributed by atoms with van der Waals surface area (Å²) in [6, 6.07) is 17.3. The van der Waals surface area contributed by atoms with Gasteiger partial charge >= 0.3 is 0 Å². The fourth-order valence-corrected chi connectivity index (χ4v) is 4.89. The normalized spacial score (nSPS) is 11.3. The van der Waals surface area contributed by atoms with Crippen LogP contribution in [0.25, 0.3) is 0 Å². The molecule has 0 aliphatic carbocycles. The van der Waals surface area contributed by atoms with E-state index in [1.54, 1.807) is 35.7 Å². The topological polar surface area (TPSA) is 84.9 Å². The lowest BCUT2D eigenvalue weighted by atomic mass is 10.3. The SMILES string of the molecule is CCOc1ccc(Oc2ccc(NC(=O)CN(C)S(=O)(=O)c3cccs3)cc2)cc1. The van der Waals surface area contributed by atoms with E-state index >= 15 is 0 Å². The Hall–Kier alpha value is -2.88. The Morgan fingerprint density at radius 2 is 1.60 bits per heavy atom. The molecule has 1 amide bonds. The maximum Gasteiger partial charge on any atom is 0.252 e. The zero-order valence-corrected chi connectivity index (χ0v) is 18.2. The van der Waals surface area contributed by atoms with Crippen molar-refractivity contribution < 1.29 is 22.7 Å². The largest absolute Gasteiger partial charge is 0.494 e. The van der Waals surface area contributed by atoms with E-state index in [9.17, 15) is 13.2 Å². The first-order valence-corrected chi connectivity index (χ1v) is 11.5. The second-order valence-corrected chi connectivity index (χ2v) is 9.49. The summed E-state index contributed by atoms with van der Waals surface area (Å²) in [5.41, 5.74) is 0.543. The van der Waals surface area contributed by atoms with Crippen LogP contribution in [0.4, 0.5) is 5.69 Å². The number of carbonyl (C=O) groups is 1. The number of anilines is 1. The van der Waals surface area contributed by atoms with Crippen LogP contribution in [0.2, 0.25) is 0 Å². The molecule has 0 radical (unpaired) electrons. The number of ether oxygens (including phenoxy) is 2. The van der Waals surface area contributed by atoms with Crippen LogP contribution in [-0.4, -0.2) is 38.8 Å². The van der Waals surface area contributed by atoms with E-state index < -0.39 is 15.9 Å². The molecule has 2 aromatic carbocycles. The van der Waals surface area contributed by atoms with Gasteiger partial charge in [-0.05, 0) is 66.9 Å². The molecule has 1 aromatic heterocycles. The maximum atomic E-state index is 12.4. The van der Waals surface area contributed by atoms with Crippen molar-refractivity contribution in [1.29, 1.82) is 0 Å². The van der Waals surface area contributed by atoms with Crippen LogP contribution in [-0.2, 0) is 14.8 Å². The summed E-state index contributed by atoms with van der Waals surface area (Å²) in [7, 11) is -2.29. The number of nitrogens with one attached hydrogen (secondary N) is 1. The van der Waals surface area contributed by atoms with E-state index in [-0.39, 0.29) is 10.8 Å². The second kappa shape index (κ2) is 9.75. The van der Waals surface area contributed by atoms with Crippen molar-refractivity contribution in [3.8, 4) is 17.2 Å². The molecular formula is C21H22N2O5S2. The van der Waals surface area contributed by atoms with Crippen LogP contribution in [0.5, 0.6) is 17.2 Å². The molecule has 1 N–H and O–H groups in total. The third-order valence-corrected chi connectivity index (χ3v) is 7.21. The van der Waals surface area contributed by atoms with E-state index in [1.807, 2.05) is 31.2 Å². The van der Waals surface area contributed by atoms with Crippen molar-refractivity contribution >= 4 is 33.0 Å². The highest BCUT2D eigenvalue weighted by Gasteiger charge is 2.23. The van der Waals surface area contributed by atoms with E-state index in [1.165, 1.54) is 13.1 Å². The predicted molar refractivity (Wildman–Crippen MR) is 117 cm³/mol. The Kier molecular flexibility index (Phi) is 7.09. The highest BCUT2D eigenvalue weighted by Crippen LogP contribution is 2.25. The van der Waals surface area contributed by atoms with Crippen LogP contribution in [0.15, 0.2) is 70.3 Å². The molecule has 3 rings (SSSR count). The number of nitrogens with zero attached hydrogens (tertiary/aromatic N) is 1. The van der Waals surface area contributed by atoms with Crippen LogP contribution in [0.1, 0.15) is 6.92 Å². The third-order valence-electron chi connectivity index (χ3n) is 4.03. The monoisotopic (exact) mass is 446 g/mol. The minimum absolute atomic E-state index is 0.202. The van der Waals surface area contributed by atoms with Gasteiger partial charge in [0.05, 0.1) is 13.2 Å². The van der Waals surface area contributed by atoms with Gasteiger partial charge < -0.3 is 14.8 Å². The van der Waals surface area contributed by atoms with Gasteiger partial charge in [-0.25, -0.2) is 8.42 Å². The highest BCUT2D eigenvalue weighted by atomic mass is 32.2. The Balaban J connectivity index is 1.55. The smallest absolute Gasteiger partial charge is 0.252 e. The zero-order valence-electron chi connectivity index (χ0n) is 16.6. The minimum atomic E-state index is -3.67. The summed E-state index contributed by atoms with van der Waals surface area (Å²) >= 11 is 1.11. The number of hydrogen-bond acceptors (Lipinski definition) is 6. The number of rotatable bonds is 9. The van der Waals surface area contributed by atoms with Gasteiger partial charge in [0.1, 0.15) is 21.5 Å². The molecule has 9 heteroatoms. The lowest BCUT2D eigenvalue weighted by molar-refractivity contribution is -0.116. The number of carbonyl (C=O) groups excluding carboxylic acids is 1. The molecule has 30 heavy (non-hydrogen) atoms. The highest BCUT2D eigenvalue weighted by molar-refractivity contribution is 7.91. The molecule has 0 saturated carbocycles. The van der Waals surface area contributed by atoms with Gasteiger partial charge in [0.15, 0.2) is 0 Å². The van der Waals surface area contributed by atoms with Gasteiger partial charge in [0.2, 0.25) is 5.91 Å². The number of thiophene rings is 1. The lowest BCUT2D eigenvalue weighted by Crippen LogP contribution is -2.34. The fourth-order valence-electron chi connectivity index (χ4n) is 2.56. The molecule has 158 valence electrons. The summed E-state index contributed by atoms with van der Waals surface area (Å²) in [5.74, 6) is 1.61. The van der Waals surface area contributed by atoms with Gasteiger partial charge in [0, 0.05) is 12.7 Å². The number of amides is 1. The van der Waals surface area contributed by atoms with Crippen molar-refractivity contribution in [2.45, 2.75) is 11.1 Å². The zero-order chi connectivity index (χ0) is 21.6. The summed E-state index contributed by atoms with van der Waals surface area (Å²) in [6.07, 6.45) is 0. The summed E-state index contributed by atoms with van der Waals surface area (Å²) < 4.78 is 37.2. The number of likely N-dealkylation sites (N-methyl/N-ethyl adjacent to an activating group) is 1. The molecule has 3 aromatic rings. The molecule has 0 bridgehead atoms. The Morgan fingerprint density at radius 3 is 2.17 bits per heavy atom. The molecule has 1 heterocycles.